The highest BCUT2D eigenvalue weighted by molar-refractivity contribution is 5.98. The van der Waals surface area contributed by atoms with Crippen LogP contribution in [0.2, 0.25) is 0 Å². The highest BCUT2D eigenvalue weighted by atomic mass is 19.1. The van der Waals surface area contributed by atoms with Gasteiger partial charge in [-0.05, 0) is 57.1 Å². The number of carbonyl (C=O) groups excluding carboxylic acids is 2. The van der Waals surface area contributed by atoms with Gasteiger partial charge in [0.1, 0.15) is 17.0 Å². The van der Waals surface area contributed by atoms with E-state index in [0.717, 1.165) is 30.2 Å². The van der Waals surface area contributed by atoms with Crippen LogP contribution in [-0.4, -0.2) is 33.8 Å². The summed E-state index contributed by atoms with van der Waals surface area (Å²) in [6.45, 7) is 1.97. The molecule has 2 atom stereocenters. The normalized spacial score (nSPS) is 23.0. The van der Waals surface area contributed by atoms with Gasteiger partial charge in [-0.2, -0.15) is 5.10 Å². The Kier molecular flexibility index (Phi) is 4.01. The van der Waals surface area contributed by atoms with Crippen LogP contribution in [0.1, 0.15) is 60.3 Å². The van der Waals surface area contributed by atoms with E-state index >= 15 is 0 Å². The van der Waals surface area contributed by atoms with Gasteiger partial charge in [0.15, 0.2) is 11.5 Å². The molecule has 0 unspecified atom stereocenters. The monoisotopic (exact) mass is 401 g/mol. The Morgan fingerprint density at radius 3 is 2.79 bits per heavy atom. The van der Waals surface area contributed by atoms with E-state index in [1.54, 1.807) is 6.92 Å². The van der Waals surface area contributed by atoms with Crippen LogP contribution in [0.5, 0.6) is 0 Å². The van der Waals surface area contributed by atoms with Gasteiger partial charge in [0.2, 0.25) is 0 Å². The van der Waals surface area contributed by atoms with Crippen molar-refractivity contribution < 1.29 is 23.1 Å². The molecule has 152 valence electrons. The standard InChI is InChI=1S/C21H21F2N3O3/c1-2-29-20(28)21(6-3-7-21)24-19(27)17-14-9-11-8-13(11)18(14)26(25-17)16-5-4-12(22)10-15(16)23/h4-5,10-11,13H,2-3,6-9H2,1H3,(H,24,27)/t11-,13-/m1/s1. The van der Waals surface area contributed by atoms with Crippen LogP contribution in [0.3, 0.4) is 0 Å². The Balaban J connectivity index is 1.51. The summed E-state index contributed by atoms with van der Waals surface area (Å²) in [7, 11) is 0. The summed E-state index contributed by atoms with van der Waals surface area (Å²) in [5, 5.41) is 7.24. The van der Waals surface area contributed by atoms with Gasteiger partial charge in [-0.3, -0.25) is 4.79 Å². The number of benzene rings is 1. The third kappa shape index (κ3) is 2.76. The lowest BCUT2D eigenvalue weighted by atomic mass is 9.76. The molecule has 2 aromatic rings. The number of amides is 1. The van der Waals surface area contributed by atoms with Gasteiger partial charge >= 0.3 is 5.97 Å². The second-order valence-corrected chi connectivity index (χ2v) is 8.14. The molecule has 1 aromatic heterocycles. The van der Waals surface area contributed by atoms with Crippen molar-refractivity contribution in [2.45, 2.75) is 50.5 Å². The van der Waals surface area contributed by atoms with Crippen molar-refractivity contribution in [3.05, 3.63) is 46.8 Å². The predicted molar refractivity (Wildman–Crippen MR) is 98.7 cm³/mol. The third-order valence-corrected chi connectivity index (χ3v) is 6.34. The molecule has 29 heavy (non-hydrogen) atoms. The van der Waals surface area contributed by atoms with Crippen LogP contribution in [0, 0.1) is 17.6 Å². The van der Waals surface area contributed by atoms with Gasteiger partial charge in [0.05, 0.1) is 12.3 Å². The van der Waals surface area contributed by atoms with Crippen LogP contribution >= 0.6 is 0 Å². The molecule has 6 nitrogen and oxygen atoms in total. The van der Waals surface area contributed by atoms with Crippen molar-refractivity contribution in [3.8, 4) is 5.69 Å². The van der Waals surface area contributed by atoms with Crippen molar-refractivity contribution in [3.63, 3.8) is 0 Å². The van der Waals surface area contributed by atoms with E-state index in [0.29, 0.717) is 25.2 Å². The second kappa shape index (κ2) is 6.37. The molecule has 0 aliphatic heterocycles. The summed E-state index contributed by atoms with van der Waals surface area (Å²) in [5.41, 5.74) is 0.951. The first-order chi connectivity index (χ1) is 13.9. The summed E-state index contributed by atoms with van der Waals surface area (Å²) in [6.07, 6.45) is 3.57. The summed E-state index contributed by atoms with van der Waals surface area (Å²) in [6, 6.07) is 3.32. The highest BCUT2D eigenvalue weighted by Crippen LogP contribution is 2.57. The summed E-state index contributed by atoms with van der Waals surface area (Å²) < 4.78 is 34.3. The number of hydrogen-bond acceptors (Lipinski definition) is 4. The highest BCUT2D eigenvalue weighted by Gasteiger charge is 2.52. The topological polar surface area (TPSA) is 73.2 Å². The predicted octanol–water partition coefficient (Wildman–Crippen LogP) is 3.03. The summed E-state index contributed by atoms with van der Waals surface area (Å²) in [4.78, 5) is 25.4. The van der Waals surface area contributed by atoms with Gasteiger partial charge in [-0.1, -0.05) is 0 Å². The quantitative estimate of drug-likeness (QED) is 0.782. The fourth-order valence-corrected chi connectivity index (χ4v) is 4.59. The van der Waals surface area contributed by atoms with E-state index in [2.05, 4.69) is 10.4 Å². The number of nitrogens with one attached hydrogen (secondary N) is 1. The Bertz CT molecular complexity index is 1030. The summed E-state index contributed by atoms with van der Waals surface area (Å²) in [5.74, 6) is -1.59. The van der Waals surface area contributed by atoms with E-state index in [4.69, 9.17) is 4.74 Å². The fraction of sp³-hybridized carbons (Fsp3) is 0.476. The number of carbonyl (C=O) groups is 2. The molecule has 1 heterocycles. The number of aromatic nitrogens is 2. The summed E-state index contributed by atoms with van der Waals surface area (Å²) >= 11 is 0. The van der Waals surface area contributed by atoms with Crippen LogP contribution in [0.4, 0.5) is 8.78 Å². The minimum absolute atomic E-state index is 0.123. The average Bonchev–Trinajstić information content (AvgIpc) is 3.15. The molecule has 0 bridgehead atoms. The van der Waals surface area contributed by atoms with Crippen molar-refractivity contribution in [1.29, 1.82) is 0 Å². The lowest BCUT2D eigenvalue weighted by Gasteiger charge is -2.39. The van der Waals surface area contributed by atoms with Gasteiger partial charge in [-0.25, -0.2) is 18.3 Å². The third-order valence-electron chi connectivity index (χ3n) is 6.34. The molecule has 2 saturated carbocycles. The molecule has 8 heteroatoms. The van der Waals surface area contributed by atoms with E-state index in [-0.39, 0.29) is 23.9 Å². The minimum Gasteiger partial charge on any atom is -0.464 e. The van der Waals surface area contributed by atoms with Gasteiger partial charge in [0.25, 0.3) is 5.91 Å². The zero-order valence-electron chi connectivity index (χ0n) is 16.0. The van der Waals surface area contributed by atoms with Gasteiger partial charge in [0, 0.05) is 17.5 Å². The molecule has 0 radical (unpaired) electrons. The maximum Gasteiger partial charge on any atom is 0.331 e. The van der Waals surface area contributed by atoms with Gasteiger partial charge in [-0.15, -0.1) is 0 Å². The number of esters is 1. The van der Waals surface area contributed by atoms with Gasteiger partial charge < -0.3 is 10.1 Å². The van der Waals surface area contributed by atoms with E-state index in [9.17, 15) is 18.4 Å². The van der Waals surface area contributed by atoms with Crippen molar-refractivity contribution in [1.82, 2.24) is 15.1 Å². The molecule has 2 fully saturated rings. The maximum atomic E-state index is 14.4. The van der Waals surface area contributed by atoms with E-state index < -0.39 is 29.0 Å². The molecule has 0 spiro atoms. The molecular formula is C21H21F2N3O3. The Hall–Kier alpha value is -2.77. The number of rotatable bonds is 5. The molecular weight excluding hydrogens is 380 g/mol. The second-order valence-electron chi connectivity index (χ2n) is 8.14. The first-order valence-corrected chi connectivity index (χ1v) is 10.0. The largest absolute Gasteiger partial charge is 0.464 e. The SMILES string of the molecule is CCOC(=O)C1(NC(=O)c2nn(-c3ccc(F)cc3F)c3c2C[C@H]2C[C@@H]32)CCC1. The van der Waals surface area contributed by atoms with Crippen LogP contribution < -0.4 is 5.32 Å². The molecule has 5 rings (SSSR count). The molecule has 1 N–H and O–H groups in total. The zero-order chi connectivity index (χ0) is 20.3. The Morgan fingerprint density at radius 1 is 1.34 bits per heavy atom. The van der Waals surface area contributed by atoms with Crippen molar-refractivity contribution in [2.75, 3.05) is 6.61 Å². The van der Waals surface area contributed by atoms with E-state index in [1.807, 2.05) is 0 Å². The number of fused-ring (bicyclic) bond motifs is 3. The molecule has 1 aromatic carbocycles. The van der Waals surface area contributed by atoms with E-state index in [1.165, 1.54) is 16.8 Å². The lowest BCUT2D eigenvalue weighted by Crippen LogP contribution is -2.60. The Labute approximate surface area is 166 Å². The lowest BCUT2D eigenvalue weighted by molar-refractivity contribution is -0.154. The van der Waals surface area contributed by atoms with Crippen molar-refractivity contribution in [2.24, 2.45) is 5.92 Å². The number of nitrogens with zero attached hydrogens (tertiary/aromatic N) is 2. The van der Waals surface area contributed by atoms with Crippen LogP contribution in [0.15, 0.2) is 18.2 Å². The molecule has 3 aliphatic rings. The minimum atomic E-state index is -1.01. The maximum absolute atomic E-state index is 14.4. The zero-order valence-corrected chi connectivity index (χ0v) is 16.0. The van der Waals surface area contributed by atoms with Crippen LogP contribution in [0.25, 0.3) is 5.69 Å². The fourth-order valence-electron chi connectivity index (χ4n) is 4.59. The molecule has 3 aliphatic carbocycles. The first-order valence-electron chi connectivity index (χ1n) is 10.0. The number of hydrogen-bond donors (Lipinski definition) is 1. The molecule has 1 amide bonds. The number of ether oxygens (including phenoxy) is 1. The first kappa shape index (κ1) is 18.3. The average molecular weight is 401 g/mol. The smallest absolute Gasteiger partial charge is 0.331 e. The molecule has 0 saturated heterocycles. The Morgan fingerprint density at radius 2 is 2.14 bits per heavy atom. The van der Waals surface area contributed by atoms with Crippen LogP contribution in [-0.2, 0) is 16.0 Å². The number of halogens is 2. The van der Waals surface area contributed by atoms with Crippen molar-refractivity contribution >= 4 is 11.9 Å².